The number of hydrogen-bond acceptors (Lipinski definition) is 4. The van der Waals surface area contributed by atoms with Gasteiger partial charge in [-0.2, -0.15) is 0 Å². The van der Waals surface area contributed by atoms with Crippen molar-refractivity contribution in [1.82, 2.24) is 14.5 Å². The number of aliphatic hydroxyl groups is 1. The van der Waals surface area contributed by atoms with Crippen LogP contribution in [0.5, 0.6) is 0 Å². The van der Waals surface area contributed by atoms with Gasteiger partial charge in [0.15, 0.2) is 0 Å². The zero-order valence-corrected chi connectivity index (χ0v) is 18.0. The van der Waals surface area contributed by atoms with Crippen molar-refractivity contribution in [2.24, 2.45) is 11.8 Å². The lowest BCUT2D eigenvalue weighted by Gasteiger charge is -2.38. The molecule has 0 bridgehead atoms. The maximum atomic E-state index is 15.7. The largest absolute Gasteiger partial charge is 0.387 e. The number of allylic oxidation sites excluding steroid dienone is 1. The first kappa shape index (κ1) is 22.8. The van der Waals surface area contributed by atoms with Crippen LogP contribution in [0.15, 0.2) is 15.4 Å². The Morgan fingerprint density at radius 1 is 1.15 bits per heavy atom. The summed E-state index contributed by atoms with van der Waals surface area (Å²) in [5, 5.41) is 10.3. The quantitative estimate of drug-likeness (QED) is 0.659. The highest BCUT2D eigenvalue weighted by molar-refractivity contribution is 5.74. The van der Waals surface area contributed by atoms with Gasteiger partial charge >= 0.3 is 5.69 Å². The Balaban J connectivity index is 1.61. The third kappa shape index (κ3) is 3.50. The first-order valence-corrected chi connectivity index (χ1v) is 11.4. The second kappa shape index (κ2) is 7.76. The van der Waals surface area contributed by atoms with Gasteiger partial charge in [-0.05, 0) is 31.6 Å². The number of aromatic nitrogens is 2. The third-order valence-corrected chi connectivity index (χ3v) is 7.84. The van der Waals surface area contributed by atoms with Crippen LogP contribution in [0.25, 0.3) is 5.57 Å². The molecule has 1 aliphatic heterocycles. The first-order valence-electron chi connectivity index (χ1n) is 11.4. The molecule has 3 aliphatic carbocycles. The summed E-state index contributed by atoms with van der Waals surface area (Å²) in [7, 11) is 0. The van der Waals surface area contributed by atoms with E-state index in [9.17, 15) is 32.3 Å². The lowest BCUT2D eigenvalue weighted by molar-refractivity contribution is -0.132. The fraction of sp³-hybridized carbons (Fsp3) is 0.727. The Kier molecular flexibility index (Phi) is 5.35. The predicted molar refractivity (Wildman–Crippen MR) is 109 cm³/mol. The third-order valence-electron chi connectivity index (χ3n) is 7.84. The monoisotopic (exact) mass is 475 g/mol. The van der Waals surface area contributed by atoms with E-state index in [1.807, 2.05) is 4.98 Å². The van der Waals surface area contributed by atoms with Crippen LogP contribution in [-0.2, 0) is 0 Å². The molecule has 0 amide bonds. The van der Waals surface area contributed by atoms with Crippen molar-refractivity contribution < 1.29 is 27.1 Å². The van der Waals surface area contributed by atoms with Gasteiger partial charge in [0.25, 0.3) is 17.9 Å². The van der Waals surface area contributed by atoms with Crippen LogP contribution < -0.4 is 11.2 Å². The number of rotatable bonds is 3. The number of nitrogens with zero attached hydrogens (tertiary/aromatic N) is 2. The van der Waals surface area contributed by atoms with Crippen molar-refractivity contribution in [3.63, 3.8) is 0 Å². The molecule has 2 heterocycles. The van der Waals surface area contributed by atoms with Gasteiger partial charge in [0.2, 0.25) is 0 Å². The van der Waals surface area contributed by atoms with E-state index < -0.39 is 71.0 Å². The molecule has 1 saturated heterocycles. The molecular weight excluding hydrogens is 449 g/mol. The van der Waals surface area contributed by atoms with Crippen molar-refractivity contribution in [3.05, 3.63) is 37.9 Å². The fourth-order valence-corrected chi connectivity index (χ4v) is 6.19. The number of likely N-dealkylation sites (tertiary alicyclic amines) is 1. The molecule has 1 aromatic heterocycles. The molecular formula is C22H26F5N3O3. The molecule has 4 aliphatic rings. The van der Waals surface area contributed by atoms with Crippen molar-refractivity contribution in [2.45, 2.75) is 75.5 Å². The van der Waals surface area contributed by atoms with E-state index in [-0.39, 0.29) is 37.2 Å². The van der Waals surface area contributed by atoms with Crippen LogP contribution in [0.2, 0.25) is 0 Å². The van der Waals surface area contributed by atoms with Crippen LogP contribution >= 0.6 is 0 Å². The first-order chi connectivity index (χ1) is 15.5. The molecule has 6 nitrogen and oxygen atoms in total. The van der Waals surface area contributed by atoms with Crippen LogP contribution in [0.1, 0.15) is 62.2 Å². The standard InChI is InChI=1S/C22H26F5N3O3/c1-9-16-14(20(32)28-21(33)30(16)11-4-5-11)13(19(24)25)15(23)17(9)29-7-10-3-2-6-22(26,27)18(31)12(10)8-29/h9-12,17-19,31H,2-8H2,1H3,(H,28,32,33). The van der Waals surface area contributed by atoms with Crippen molar-refractivity contribution >= 4 is 5.57 Å². The maximum absolute atomic E-state index is 15.7. The van der Waals surface area contributed by atoms with E-state index in [1.54, 1.807) is 6.92 Å². The highest BCUT2D eigenvalue weighted by Crippen LogP contribution is 2.49. The van der Waals surface area contributed by atoms with Crippen LogP contribution in [0, 0.1) is 11.8 Å². The summed E-state index contributed by atoms with van der Waals surface area (Å²) in [6.07, 6.45) is -3.70. The Labute approximate surface area is 186 Å². The molecule has 2 saturated carbocycles. The van der Waals surface area contributed by atoms with E-state index in [0.717, 1.165) is 0 Å². The minimum atomic E-state index is -3.30. The molecule has 5 rings (SSSR count). The number of H-pyrrole nitrogens is 1. The number of hydrogen-bond donors (Lipinski definition) is 2. The summed E-state index contributed by atoms with van der Waals surface area (Å²) in [5.74, 6) is -6.41. The van der Waals surface area contributed by atoms with E-state index in [1.165, 1.54) is 9.47 Å². The Hall–Kier alpha value is -2.01. The van der Waals surface area contributed by atoms with E-state index in [0.29, 0.717) is 19.3 Å². The SMILES string of the molecule is CC1c2c(c(=O)[nH]c(=O)n2C2CC2)C(C(F)F)=C(F)C1N1CC2CCCC(F)(F)C(O)C2C1. The summed E-state index contributed by atoms with van der Waals surface area (Å²) >= 11 is 0. The van der Waals surface area contributed by atoms with Gasteiger partial charge in [-0.15, -0.1) is 0 Å². The van der Waals surface area contributed by atoms with Crippen LogP contribution in [0.3, 0.4) is 0 Å². The van der Waals surface area contributed by atoms with E-state index in [4.69, 9.17) is 0 Å². The summed E-state index contributed by atoms with van der Waals surface area (Å²) in [5.41, 5.74) is -3.24. The topological polar surface area (TPSA) is 78.3 Å². The lowest BCUT2D eigenvalue weighted by atomic mass is 9.82. The van der Waals surface area contributed by atoms with Gasteiger partial charge in [-0.1, -0.05) is 6.92 Å². The molecule has 0 aromatic carbocycles. The Morgan fingerprint density at radius 2 is 1.85 bits per heavy atom. The van der Waals surface area contributed by atoms with E-state index >= 15 is 4.39 Å². The molecule has 11 heteroatoms. The second-order valence-electron chi connectivity index (χ2n) is 9.89. The minimum Gasteiger partial charge on any atom is -0.387 e. The molecule has 3 fully saturated rings. The molecule has 2 N–H and O–H groups in total. The molecule has 182 valence electrons. The summed E-state index contributed by atoms with van der Waals surface area (Å²) in [6, 6.07) is -1.49. The average molecular weight is 475 g/mol. The maximum Gasteiger partial charge on any atom is 0.328 e. The predicted octanol–water partition coefficient (Wildman–Crippen LogP) is 3.03. The zero-order chi connectivity index (χ0) is 23.8. The van der Waals surface area contributed by atoms with Crippen molar-refractivity contribution in [3.8, 4) is 0 Å². The number of nitrogens with one attached hydrogen (secondary N) is 1. The highest BCUT2D eigenvalue weighted by Gasteiger charge is 2.53. The molecule has 33 heavy (non-hydrogen) atoms. The molecule has 0 radical (unpaired) electrons. The number of aliphatic hydroxyl groups excluding tert-OH is 1. The van der Waals surface area contributed by atoms with Crippen LogP contribution in [-0.4, -0.2) is 57.1 Å². The van der Waals surface area contributed by atoms with Crippen molar-refractivity contribution in [1.29, 1.82) is 0 Å². The summed E-state index contributed by atoms with van der Waals surface area (Å²) in [6.45, 7) is 1.66. The summed E-state index contributed by atoms with van der Waals surface area (Å²) in [4.78, 5) is 28.7. The molecule has 1 aromatic rings. The number of alkyl halides is 4. The van der Waals surface area contributed by atoms with Gasteiger partial charge in [0.05, 0.1) is 17.2 Å². The van der Waals surface area contributed by atoms with E-state index in [2.05, 4.69) is 0 Å². The molecule has 5 atom stereocenters. The van der Waals surface area contributed by atoms with Gasteiger partial charge in [0, 0.05) is 43.1 Å². The zero-order valence-electron chi connectivity index (χ0n) is 18.0. The van der Waals surface area contributed by atoms with Crippen LogP contribution in [0.4, 0.5) is 22.0 Å². The van der Waals surface area contributed by atoms with Gasteiger partial charge in [-0.25, -0.2) is 26.7 Å². The van der Waals surface area contributed by atoms with Gasteiger partial charge < -0.3 is 5.11 Å². The van der Waals surface area contributed by atoms with Gasteiger partial charge in [-0.3, -0.25) is 19.2 Å². The number of halogens is 5. The van der Waals surface area contributed by atoms with Crippen molar-refractivity contribution in [2.75, 3.05) is 13.1 Å². The average Bonchev–Trinajstić information content (AvgIpc) is 3.49. The molecule has 0 spiro atoms. The highest BCUT2D eigenvalue weighted by atomic mass is 19.3. The lowest BCUT2D eigenvalue weighted by Crippen LogP contribution is -2.47. The fourth-order valence-electron chi connectivity index (χ4n) is 6.19. The normalized spacial score (nSPS) is 34.4. The molecule has 5 unspecified atom stereocenters. The number of aromatic amines is 1. The minimum absolute atomic E-state index is 0.0749. The van der Waals surface area contributed by atoms with Gasteiger partial charge in [0.1, 0.15) is 11.9 Å². The second-order valence-corrected chi connectivity index (χ2v) is 9.89. The number of fused-ring (bicyclic) bond motifs is 2. The Morgan fingerprint density at radius 3 is 2.48 bits per heavy atom. The summed E-state index contributed by atoms with van der Waals surface area (Å²) < 4.78 is 73.7. The Bertz CT molecular complexity index is 1110. The smallest absolute Gasteiger partial charge is 0.328 e.